The molecule has 0 aromatic heterocycles. The number of benzene rings is 1. The Hall–Kier alpha value is -1.57. The Bertz CT molecular complexity index is 435. The van der Waals surface area contributed by atoms with Crippen molar-refractivity contribution in [2.45, 2.75) is 19.4 Å². The van der Waals surface area contributed by atoms with Gasteiger partial charge in [0.1, 0.15) is 6.61 Å². The Morgan fingerprint density at radius 1 is 1.18 bits per heavy atom. The lowest BCUT2D eigenvalue weighted by molar-refractivity contribution is -0.150. The molecule has 2 nitrogen and oxygen atoms in total. The molecule has 1 aromatic carbocycles. The molecule has 0 unspecified atom stereocenters. The van der Waals surface area contributed by atoms with Crippen molar-refractivity contribution in [2.24, 2.45) is 17.8 Å². The molecular formula is C15H16O2. The van der Waals surface area contributed by atoms with E-state index in [1.54, 1.807) is 0 Å². The van der Waals surface area contributed by atoms with Gasteiger partial charge in [0, 0.05) is 0 Å². The topological polar surface area (TPSA) is 26.3 Å². The van der Waals surface area contributed by atoms with Crippen LogP contribution in [0, 0.1) is 17.8 Å². The normalized spacial score (nSPS) is 29.5. The number of rotatable bonds is 3. The number of allylic oxidation sites excluding steroid dienone is 2. The largest absolute Gasteiger partial charge is 0.461 e. The summed E-state index contributed by atoms with van der Waals surface area (Å²) in [4.78, 5) is 12.0. The van der Waals surface area contributed by atoms with Gasteiger partial charge >= 0.3 is 5.97 Å². The Kier molecular flexibility index (Phi) is 2.71. The van der Waals surface area contributed by atoms with Gasteiger partial charge in [-0.05, 0) is 30.2 Å². The number of esters is 1. The van der Waals surface area contributed by atoms with E-state index in [2.05, 4.69) is 12.2 Å². The zero-order valence-corrected chi connectivity index (χ0v) is 9.71. The molecule has 1 saturated carbocycles. The number of hydrogen-bond acceptors (Lipinski definition) is 2. The van der Waals surface area contributed by atoms with E-state index >= 15 is 0 Å². The third-order valence-corrected chi connectivity index (χ3v) is 3.81. The molecule has 88 valence electrons. The standard InChI is InChI=1S/C15H16O2/c16-15(14-9-12-6-7-13(14)8-12)17-10-11-4-2-1-3-5-11/h1-7,12-14H,8-10H2/t12-,13-,14+/m0/s1. The summed E-state index contributed by atoms with van der Waals surface area (Å²) in [7, 11) is 0. The predicted octanol–water partition coefficient (Wildman–Crippen LogP) is 2.94. The van der Waals surface area contributed by atoms with Crippen LogP contribution in [0.5, 0.6) is 0 Å². The van der Waals surface area contributed by atoms with Crippen molar-refractivity contribution < 1.29 is 9.53 Å². The Morgan fingerprint density at radius 2 is 2.00 bits per heavy atom. The molecule has 17 heavy (non-hydrogen) atoms. The van der Waals surface area contributed by atoms with E-state index in [9.17, 15) is 4.79 Å². The van der Waals surface area contributed by atoms with Crippen LogP contribution in [0.4, 0.5) is 0 Å². The Balaban J connectivity index is 1.56. The highest BCUT2D eigenvalue weighted by Gasteiger charge is 2.40. The highest BCUT2D eigenvalue weighted by Crippen LogP contribution is 2.43. The molecule has 0 amide bonds. The summed E-state index contributed by atoms with van der Waals surface area (Å²) in [6, 6.07) is 9.85. The molecule has 3 rings (SSSR count). The summed E-state index contributed by atoms with van der Waals surface area (Å²) in [5, 5.41) is 0. The molecule has 0 saturated heterocycles. The second kappa shape index (κ2) is 4.36. The molecule has 0 heterocycles. The maximum Gasteiger partial charge on any atom is 0.309 e. The summed E-state index contributed by atoms with van der Waals surface area (Å²) in [6.45, 7) is 0.400. The fraction of sp³-hybridized carbons (Fsp3) is 0.400. The molecule has 1 aromatic rings. The van der Waals surface area contributed by atoms with Gasteiger partial charge < -0.3 is 4.74 Å². The van der Waals surface area contributed by atoms with Crippen molar-refractivity contribution in [1.29, 1.82) is 0 Å². The predicted molar refractivity (Wildman–Crippen MR) is 65.1 cm³/mol. The maximum atomic E-state index is 12.0. The zero-order chi connectivity index (χ0) is 11.7. The summed E-state index contributed by atoms with van der Waals surface area (Å²) in [6.07, 6.45) is 6.55. The first kappa shape index (κ1) is 10.6. The van der Waals surface area contributed by atoms with E-state index < -0.39 is 0 Å². The highest BCUT2D eigenvalue weighted by atomic mass is 16.5. The van der Waals surface area contributed by atoms with Crippen molar-refractivity contribution in [3.8, 4) is 0 Å². The number of hydrogen-bond donors (Lipinski definition) is 0. The van der Waals surface area contributed by atoms with Crippen molar-refractivity contribution in [2.75, 3.05) is 0 Å². The molecule has 1 fully saturated rings. The summed E-state index contributed by atoms with van der Waals surface area (Å²) in [5.74, 6) is 1.14. The molecular weight excluding hydrogens is 212 g/mol. The van der Waals surface area contributed by atoms with Crippen molar-refractivity contribution >= 4 is 5.97 Å². The lowest BCUT2D eigenvalue weighted by Crippen LogP contribution is -2.21. The van der Waals surface area contributed by atoms with Crippen LogP contribution in [0.25, 0.3) is 0 Å². The van der Waals surface area contributed by atoms with Crippen LogP contribution in [0.1, 0.15) is 18.4 Å². The first-order chi connectivity index (χ1) is 8.33. The lowest BCUT2D eigenvalue weighted by Gasteiger charge is -2.16. The first-order valence-electron chi connectivity index (χ1n) is 6.22. The highest BCUT2D eigenvalue weighted by molar-refractivity contribution is 5.74. The minimum absolute atomic E-state index is 0.0225. The molecule has 0 aliphatic heterocycles. The molecule has 2 bridgehead atoms. The van der Waals surface area contributed by atoms with Gasteiger partial charge in [0.25, 0.3) is 0 Å². The monoisotopic (exact) mass is 228 g/mol. The van der Waals surface area contributed by atoms with Crippen LogP contribution >= 0.6 is 0 Å². The van der Waals surface area contributed by atoms with Gasteiger partial charge in [-0.2, -0.15) is 0 Å². The molecule has 3 atom stereocenters. The van der Waals surface area contributed by atoms with Crippen LogP contribution in [0.15, 0.2) is 42.5 Å². The average Bonchev–Trinajstić information content (AvgIpc) is 2.99. The number of carbonyl (C=O) groups is 1. The first-order valence-corrected chi connectivity index (χ1v) is 6.22. The van der Waals surface area contributed by atoms with Crippen molar-refractivity contribution in [3.63, 3.8) is 0 Å². The van der Waals surface area contributed by atoms with Gasteiger partial charge in [0.15, 0.2) is 0 Å². The average molecular weight is 228 g/mol. The summed E-state index contributed by atoms with van der Waals surface area (Å²) < 4.78 is 5.39. The quantitative estimate of drug-likeness (QED) is 0.587. The second-order valence-electron chi connectivity index (χ2n) is 4.98. The summed E-state index contributed by atoms with van der Waals surface area (Å²) >= 11 is 0. The van der Waals surface area contributed by atoms with Crippen LogP contribution < -0.4 is 0 Å². The fourth-order valence-corrected chi connectivity index (χ4v) is 2.89. The summed E-state index contributed by atoms with van der Waals surface area (Å²) in [5.41, 5.74) is 1.06. The van der Waals surface area contributed by atoms with E-state index in [1.165, 1.54) is 0 Å². The molecule has 0 spiro atoms. The van der Waals surface area contributed by atoms with E-state index in [4.69, 9.17) is 4.74 Å². The minimum Gasteiger partial charge on any atom is -0.461 e. The second-order valence-corrected chi connectivity index (χ2v) is 4.98. The van der Waals surface area contributed by atoms with Gasteiger partial charge in [0.2, 0.25) is 0 Å². The van der Waals surface area contributed by atoms with Crippen molar-refractivity contribution in [1.82, 2.24) is 0 Å². The number of carbonyl (C=O) groups excluding carboxylic acids is 1. The van der Waals surface area contributed by atoms with Gasteiger partial charge in [0.05, 0.1) is 5.92 Å². The lowest BCUT2D eigenvalue weighted by atomic mass is 9.94. The molecule has 0 N–H and O–H groups in total. The Morgan fingerprint density at radius 3 is 2.65 bits per heavy atom. The molecule has 2 heteroatoms. The zero-order valence-electron chi connectivity index (χ0n) is 9.71. The van der Waals surface area contributed by atoms with Crippen LogP contribution in [-0.2, 0) is 16.1 Å². The molecule has 2 aliphatic carbocycles. The van der Waals surface area contributed by atoms with Crippen LogP contribution in [-0.4, -0.2) is 5.97 Å². The maximum absolute atomic E-state index is 12.0. The number of fused-ring (bicyclic) bond motifs is 2. The minimum atomic E-state index is -0.0225. The van der Waals surface area contributed by atoms with Gasteiger partial charge in [-0.15, -0.1) is 0 Å². The van der Waals surface area contributed by atoms with Crippen molar-refractivity contribution in [3.05, 3.63) is 48.0 Å². The molecule has 2 aliphatic rings. The molecule has 0 radical (unpaired) electrons. The third-order valence-electron chi connectivity index (χ3n) is 3.81. The number of ether oxygens (including phenoxy) is 1. The van der Waals surface area contributed by atoms with E-state index in [1.807, 2.05) is 30.3 Å². The third kappa shape index (κ3) is 2.12. The van der Waals surface area contributed by atoms with Gasteiger partial charge in [-0.3, -0.25) is 4.79 Å². The van der Waals surface area contributed by atoms with Crippen LogP contribution in [0.2, 0.25) is 0 Å². The van der Waals surface area contributed by atoms with Crippen LogP contribution in [0.3, 0.4) is 0 Å². The van der Waals surface area contributed by atoms with E-state index in [-0.39, 0.29) is 11.9 Å². The SMILES string of the molecule is O=C(OCc1ccccc1)[C@@H]1C[C@H]2C=C[C@H]1C2. The van der Waals surface area contributed by atoms with E-state index in [0.717, 1.165) is 18.4 Å². The van der Waals surface area contributed by atoms with Gasteiger partial charge in [-0.1, -0.05) is 42.5 Å². The fourth-order valence-electron chi connectivity index (χ4n) is 2.89. The van der Waals surface area contributed by atoms with E-state index in [0.29, 0.717) is 18.4 Å². The van der Waals surface area contributed by atoms with Gasteiger partial charge in [-0.25, -0.2) is 0 Å². The Labute approximate surface area is 101 Å². The smallest absolute Gasteiger partial charge is 0.309 e.